The third kappa shape index (κ3) is 2.93. The van der Waals surface area contributed by atoms with Crippen molar-refractivity contribution in [3.8, 4) is 0 Å². The van der Waals surface area contributed by atoms with Crippen molar-refractivity contribution in [1.29, 1.82) is 0 Å². The molecular weight excluding hydrogens is 538 g/mol. The summed E-state index contributed by atoms with van der Waals surface area (Å²) >= 11 is 4.86. The van der Waals surface area contributed by atoms with Gasteiger partial charge in [-0.15, -0.1) is 0 Å². The number of rotatable bonds is 3. The summed E-state index contributed by atoms with van der Waals surface area (Å²) < 4.78 is 2.91. The lowest BCUT2D eigenvalue weighted by atomic mass is 9.80. The molecule has 0 saturated carbocycles. The molecule has 2 atom stereocenters. The summed E-state index contributed by atoms with van der Waals surface area (Å²) in [6.45, 7) is 0. The van der Waals surface area contributed by atoms with E-state index < -0.39 is 11.3 Å². The van der Waals surface area contributed by atoms with Crippen LogP contribution < -0.4 is 20.3 Å². The molecule has 7 nitrogen and oxygen atoms in total. The Hall–Kier alpha value is -3.69. The molecule has 3 aromatic carbocycles. The SMILES string of the molecule is CN1C(=O)N(C)[C@]2(c3ccccc3)Nn3c(s/c(=C/c4ccccc4Br)c3=O)=N[C@@]12c1ccccc1. The van der Waals surface area contributed by atoms with Crippen molar-refractivity contribution in [3.63, 3.8) is 0 Å². The predicted octanol–water partition coefficient (Wildman–Crippen LogP) is 3.38. The van der Waals surface area contributed by atoms with Crippen LogP contribution >= 0.6 is 27.3 Å². The number of carbonyl (C=O) groups excluding carboxylic acids is 1. The Labute approximate surface area is 219 Å². The lowest BCUT2D eigenvalue weighted by Gasteiger charge is -2.49. The fourth-order valence-corrected chi connectivity index (χ4v) is 6.61. The number of amides is 2. The minimum absolute atomic E-state index is 0.206. The average molecular weight is 560 g/mol. The molecule has 180 valence electrons. The van der Waals surface area contributed by atoms with E-state index in [0.29, 0.717) is 9.33 Å². The van der Waals surface area contributed by atoms with E-state index >= 15 is 0 Å². The van der Waals surface area contributed by atoms with E-state index in [0.717, 1.165) is 21.2 Å². The summed E-state index contributed by atoms with van der Waals surface area (Å²) in [5.41, 5.74) is 3.47. The Morgan fingerprint density at radius 1 is 0.861 bits per heavy atom. The molecule has 1 aromatic heterocycles. The molecule has 0 radical (unpaired) electrons. The number of nitrogens with one attached hydrogen (secondary N) is 1. The van der Waals surface area contributed by atoms with Crippen LogP contribution in [0.4, 0.5) is 4.79 Å². The van der Waals surface area contributed by atoms with Gasteiger partial charge in [0, 0.05) is 29.7 Å². The number of nitrogens with zero attached hydrogens (tertiary/aromatic N) is 4. The molecule has 0 spiro atoms. The van der Waals surface area contributed by atoms with Crippen LogP contribution in [-0.4, -0.2) is 34.6 Å². The number of halogens is 1. The van der Waals surface area contributed by atoms with Gasteiger partial charge in [0.2, 0.25) is 16.1 Å². The molecule has 0 bridgehead atoms. The zero-order chi connectivity index (χ0) is 25.1. The van der Waals surface area contributed by atoms with Gasteiger partial charge in [0.1, 0.15) is 0 Å². The van der Waals surface area contributed by atoms with E-state index in [2.05, 4.69) is 21.4 Å². The molecule has 2 aliphatic rings. The number of hydrogen-bond donors (Lipinski definition) is 1. The molecule has 36 heavy (non-hydrogen) atoms. The zero-order valence-corrected chi connectivity index (χ0v) is 22.0. The Kier molecular flexibility index (Phi) is 5.17. The van der Waals surface area contributed by atoms with Crippen molar-refractivity contribution in [2.75, 3.05) is 19.5 Å². The first kappa shape index (κ1) is 22.8. The van der Waals surface area contributed by atoms with Crippen LogP contribution in [0.5, 0.6) is 0 Å². The number of hydrogen-bond acceptors (Lipinski definition) is 5. The lowest BCUT2D eigenvalue weighted by molar-refractivity contribution is 0.0648. The van der Waals surface area contributed by atoms with E-state index in [1.54, 1.807) is 23.9 Å². The second-order valence-electron chi connectivity index (χ2n) is 8.79. The average Bonchev–Trinajstić information content (AvgIpc) is 3.30. The van der Waals surface area contributed by atoms with Gasteiger partial charge in [0.15, 0.2) is 0 Å². The van der Waals surface area contributed by atoms with Crippen LogP contribution in [-0.2, 0) is 11.3 Å². The fourth-order valence-electron chi connectivity index (χ4n) is 5.25. The van der Waals surface area contributed by atoms with E-state index in [4.69, 9.17) is 4.99 Å². The molecule has 6 rings (SSSR count). The minimum Gasteiger partial charge on any atom is -0.295 e. The lowest BCUT2D eigenvalue weighted by Crippen LogP contribution is -2.67. The number of urea groups is 1. The maximum atomic E-state index is 13.7. The maximum absolute atomic E-state index is 13.7. The molecule has 2 amide bonds. The Morgan fingerprint density at radius 3 is 2.14 bits per heavy atom. The normalized spacial score (nSPS) is 23.2. The summed E-state index contributed by atoms with van der Waals surface area (Å²) in [5, 5.41) is 0. The first-order valence-electron chi connectivity index (χ1n) is 11.4. The number of likely N-dealkylation sites (N-methyl/N-ethyl adjacent to an activating group) is 2. The Bertz CT molecular complexity index is 1670. The quantitative estimate of drug-likeness (QED) is 0.418. The van der Waals surface area contributed by atoms with Crippen LogP contribution in [0.25, 0.3) is 6.08 Å². The van der Waals surface area contributed by atoms with E-state index in [9.17, 15) is 9.59 Å². The van der Waals surface area contributed by atoms with Crippen LogP contribution in [0.1, 0.15) is 16.7 Å². The van der Waals surface area contributed by atoms with Crippen LogP contribution in [0.15, 0.2) is 99.2 Å². The van der Waals surface area contributed by atoms with E-state index in [1.165, 1.54) is 16.0 Å². The second-order valence-corrected chi connectivity index (χ2v) is 10.7. The first-order valence-corrected chi connectivity index (χ1v) is 13.0. The van der Waals surface area contributed by atoms with Crippen molar-refractivity contribution >= 4 is 39.4 Å². The van der Waals surface area contributed by atoms with Gasteiger partial charge < -0.3 is 0 Å². The molecule has 0 unspecified atom stereocenters. The van der Waals surface area contributed by atoms with Gasteiger partial charge in [0.25, 0.3) is 5.56 Å². The van der Waals surface area contributed by atoms with Gasteiger partial charge in [-0.1, -0.05) is 106 Å². The molecular formula is C27H22BrN5O2S. The monoisotopic (exact) mass is 559 g/mol. The number of benzene rings is 3. The predicted molar refractivity (Wildman–Crippen MR) is 144 cm³/mol. The smallest absolute Gasteiger partial charge is 0.295 e. The van der Waals surface area contributed by atoms with Gasteiger partial charge in [-0.25, -0.2) is 9.79 Å². The van der Waals surface area contributed by atoms with Crippen molar-refractivity contribution in [2.24, 2.45) is 4.99 Å². The van der Waals surface area contributed by atoms with Crippen molar-refractivity contribution < 1.29 is 4.79 Å². The Morgan fingerprint density at radius 2 is 1.47 bits per heavy atom. The van der Waals surface area contributed by atoms with Gasteiger partial charge in [-0.2, -0.15) is 4.68 Å². The molecule has 1 fully saturated rings. The van der Waals surface area contributed by atoms with Crippen molar-refractivity contribution in [3.05, 3.63) is 126 Å². The van der Waals surface area contributed by atoms with Gasteiger partial charge in [0.05, 0.1) is 4.53 Å². The molecule has 2 aliphatic heterocycles. The number of thiazole rings is 1. The van der Waals surface area contributed by atoms with Crippen LogP contribution in [0.2, 0.25) is 0 Å². The van der Waals surface area contributed by atoms with Crippen LogP contribution in [0.3, 0.4) is 0 Å². The van der Waals surface area contributed by atoms with Crippen molar-refractivity contribution in [1.82, 2.24) is 14.5 Å². The molecule has 4 aromatic rings. The summed E-state index contributed by atoms with van der Waals surface area (Å²) in [6, 6.07) is 27.0. The van der Waals surface area contributed by atoms with Gasteiger partial charge in [-0.3, -0.25) is 20.0 Å². The highest BCUT2D eigenvalue weighted by Crippen LogP contribution is 2.53. The topological polar surface area (TPSA) is 69.9 Å². The highest BCUT2D eigenvalue weighted by atomic mass is 79.9. The molecule has 1 N–H and O–H groups in total. The Balaban J connectivity index is 1.72. The van der Waals surface area contributed by atoms with E-state index in [-0.39, 0.29) is 11.6 Å². The highest BCUT2D eigenvalue weighted by molar-refractivity contribution is 9.10. The third-order valence-corrected chi connectivity index (χ3v) is 8.66. The fraction of sp³-hybridized carbons (Fsp3) is 0.148. The second kappa shape index (κ2) is 8.18. The van der Waals surface area contributed by atoms with E-state index in [1.807, 2.05) is 91.0 Å². The first-order chi connectivity index (χ1) is 17.4. The van der Waals surface area contributed by atoms with Gasteiger partial charge in [-0.05, 0) is 17.7 Å². The minimum atomic E-state index is -1.18. The van der Waals surface area contributed by atoms with Crippen molar-refractivity contribution in [2.45, 2.75) is 11.3 Å². The molecule has 9 heteroatoms. The summed E-state index contributed by atoms with van der Waals surface area (Å²) in [5.74, 6) is 0. The molecule has 0 aliphatic carbocycles. The zero-order valence-electron chi connectivity index (χ0n) is 19.6. The third-order valence-electron chi connectivity index (χ3n) is 6.96. The summed E-state index contributed by atoms with van der Waals surface area (Å²) in [7, 11) is 3.51. The maximum Gasteiger partial charge on any atom is 0.324 e. The number of aromatic nitrogens is 1. The summed E-state index contributed by atoms with van der Waals surface area (Å²) in [6.07, 6.45) is 1.86. The molecule has 3 heterocycles. The standard InChI is InChI=1S/C27H22BrN5O2S/c1-31-25(35)32(2)27(20-14-7-4-8-15-20)26(31,19-12-5-3-6-13-19)29-24-33(30-27)23(34)22(36-24)17-18-11-9-10-16-21(18)28/h3-17,30H,1-2H3/b22-17+/t26-,27-/m0/s1. The van der Waals surface area contributed by atoms with Crippen LogP contribution in [0, 0.1) is 0 Å². The number of fused-ring (bicyclic) bond motifs is 2. The summed E-state index contributed by atoms with van der Waals surface area (Å²) in [4.78, 5) is 36.3. The number of carbonyl (C=O) groups is 1. The largest absolute Gasteiger partial charge is 0.324 e. The van der Waals surface area contributed by atoms with Gasteiger partial charge >= 0.3 is 6.03 Å². The highest BCUT2D eigenvalue weighted by Gasteiger charge is 2.69. The molecule has 1 saturated heterocycles.